The molecule has 2 aromatic carbocycles. The van der Waals surface area contributed by atoms with E-state index >= 15 is 0 Å². The Hall–Kier alpha value is -3.55. The number of phenolic OH excluding ortho intramolecular Hbond substituents is 1. The van der Waals surface area contributed by atoms with Crippen LogP contribution in [0.25, 0.3) is 10.9 Å². The highest BCUT2D eigenvalue weighted by molar-refractivity contribution is 7.09. The molecule has 2 fully saturated rings. The number of amides is 1. The van der Waals surface area contributed by atoms with Crippen molar-refractivity contribution in [3.63, 3.8) is 0 Å². The average Bonchev–Trinajstić information content (AvgIpc) is 3.56. The van der Waals surface area contributed by atoms with Gasteiger partial charge in [-0.15, -0.1) is 11.3 Å². The Morgan fingerprint density at radius 2 is 1.91 bits per heavy atom. The minimum absolute atomic E-state index is 0.0166. The maximum absolute atomic E-state index is 13.1. The SMILES string of the molecule is Cc1nc(C(=O)N2CCOC3(CCN(CCCOc4cccc(CCC[C@H](O[Si](C)(C)C(C)(C)C)c5ccc(O)c6[nH]c(=O)ccc56)c4)CC3)C2)cs1. The lowest BCUT2D eigenvalue weighted by molar-refractivity contribution is -0.127. The highest BCUT2D eigenvalue weighted by atomic mass is 32.1. The molecule has 12 heteroatoms. The van der Waals surface area contributed by atoms with Crippen molar-refractivity contribution >= 4 is 36.5 Å². The summed E-state index contributed by atoms with van der Waals surface area (Å²) in [4.78, 5) is 36.8. The summed E-state index contributed by atoms with van der Waals surface area (Å²) in [6.07, 6.45) is 5.19. The number of ether oxygens (including phenoxy) is 2. The van der Waals surface area contributed by atoms with E-state index in [1.165, 1.54) is 23.0 Å². The number of fused-ring (bicyclic) bond motifs is 1. The van der Waals surface area contributed by atoms with Crippen molar-refractivity contribution in [2.45, 2.75) is 96.1 Å². The number of carbonyl (C=O) groups is 1. The number of piperidine rings is 1. The number of benzene rings is 2. The summed E-state index contributed by atoms with van der Waals surface area (Å²) in [5, 5.41) is 14.1. The Labute approximate surface area is 318 Å². The number of hydrogen-bond donors (Lipinski definition) is 2. The molecule has 0 saturated carbocycles. The smallest absolute Gasteiger partial charge is 0.273 e. The molecular weight excluding hydrogens is 705 g/mol. The molecule has 4 aromatic rings. The molecule has 10 nitrogen and oxygen atoms in total. The van der Waals surface area contributed by atoms with Gasteiger partial charge in [0.1, 0.15) is 17.2 Å². The topological polar surface area (TPSA) is 117 Å². The van der Waals surface area contributed by atoms with Crippen LogP contribution >= 0.6 is 11.3 Å². The van der Waals surface area contributed by atoms with E-state index in [0.717, 1.165) is 79.9 Å². The quantitative estimate of drug-likeness (QED) is 0.105. The molecule has 2 saturated heterocycles. The fourth-order valence-corrected chi connectivity index (χ4v) is 9.14. The van der Waals surface area contributed by atoms with Crippen molar-refractivity contribution < 1.29 is 23.8 Å². The van der Waals surface area contributed by atoms with E-state index in [1.54, 1.807) is 12.1 Å². The lowest BCUT2D eigenvalue weighted by Crippen LogP contribution is -2.58. The molecular formula is C41H56N4O6SSi. The first kappa shape index (κ1) is 39.1. The van der Waals surface area contributed by atoms with Gasteiger partial charge in [-0.05, 0) is 99.0 Å². The molecule has 2 aromatic heterocycles. The summed E-state index contributed by atoms with van der Waals surface area (Å²) in [7, 11) is -2.14. The first-order chi connectivity index (χ1) is 25.2. The van der Waals surface area contributed by atoms with E-state index in [0.29, 0.717) is 37.5 Å². The zero-order valence-electron chi connectivity index (χ0n) is 32.2. The highest BCUT2D eigenvalue weighted by Gasteiger charge is 2.42. The number of likely N-dealkylation sites (tertiary alicyclic amines) is 1. The van der Waals surface area contributed by atoms with Crippen LogP contribution in [0.3, 0.4) is 0 Å². The van der Waals surface area contributed by atoms with Crippen molar-refractivity contribution in [3.8, 4) is 11.5 Å². The second kappa shape index (κ2) is 16.4. The van der Waals surface area contributed by atoms with Crippen LogP contribution in [-0.2, 0) is 15.6 Å². The van der Waals surface area contributed by atoms with Crippen molar-refractivity contribution in [1.29, 1.82) is 0 Å². The monoisotopic (exact) mass is 760 g/mol. The second-order valence-corrected chi connectivity index (χ2v) is 22.1. The fraction of sp³-hybridized carbons (Fsp3) is 0.537. The predicted octanol–water partition coefficient (Wildman–Crippen LogP) is 7.86. The molecule has 53 heavy (non-hydrogen) atoms. The van der Waals surface area contributed by atoms with Gasteiger partial charge in [0.15, 0.2) is 8.32 Å². The van der Waals surface area contributed by atoms with E-state index in [9.17, 15) is 14.7 Å². The van der Waals surface area contributed by atoms with Crippen LogP contribution in [-0.4, -0.2) is 90.6 Å². The maximum Gasteiger partial charge on any atom is 0.273 e. The summed E-state index contributed by atoms with van der Waals surface area (Å²) in [6.45, 7) is 18.5. The van der Waals surface area contributed by atoms with Gasteiger partial charge in [-0.25, -0.2) is 4.98 Å². The Balaban J connectivity index is 0.983. The lowest BCUT2D eigenvalue weighted by atomic mass is 9.89. The summed E-state index contributed by atoms with van der Waals surface area (Å²) >= 11 is 1.51. The average molecular weight is 761 g/mol. The number of nitrogens with zero attached hydrogens (tertiary/aromatic N) is 3. The number of thiazole rings is 1. The molecule has 2 aliphatic rings. The van der Waals surface area contributed by atoms with Crippen LogP contribution in [0.5, 0.6) is 11.5 Å². The summed E-state index contributed by atoms with van der Waals surface area (Å²) in [5.41, 5.74) is 2.71. The Bertz CT molecular complexity index is 1930. The van der Waals surface area contributed by atoms with Crippen molar-refractivity contribution in [3.05, 3.63) is 86.1 Å². The molecule has 0 radical (unpaired) electrons. The third-order valence-corrected chi connectivity index (χ3v) is 16.6. The van der Waals surface area contributed by atoms with E-state index in [2.05, 4.69) is 66.9 Å². The van der Waals surface area contributed by atoms with Gasteiger partial charge in [0.2, 0.25) is 5.56 Å². The van der Waals surface area contributed by atoms with Crippen molar-refractivity contribution in [2.75, 3.05) is 45.9 Å². The summed E-state index contributed by atoms with van der Waals surface area (Å²) < 4.78 is 19.6. The minimum Gasteiger partial charge on any atom is -0.506 e. The van der Waals surface area contributed by atoms with Gasteiger partial charge < -0.3 is 33.8 Å². The lowest BCUT2D eigenvalue weighted by Gasteiger charge is -2.47. The number of aryl methyl sites for hydroxylation is 2. The standard InChI is InChI=1S/C41H56N4O6SSi/c1-29-42-34(27-52-29)39(48)45-23-25-50-41(28-45)18-21-44(22-19-41)20-9-24-49-31-12-7-10-30(26-31)11-8-13-36(51-53(5,6)40(2,3)4)32-14-16-35(46)38-33(32)15-17-37(47)43-38/h7,10,12,14-17,26-27,36,46H,8-9,11,13,18-25,28H2,1-6H3,(H,43,47)/t36-/m0/s1. The highest BCUT2D eigenvalue weighted by Crippen LogP contribution is 2.42. The van der Waals surface area contributed by atoms with Crippen molar-refractivity contribution in [1.82, 2.24) is 19.8 Å². The number of morpholine rings is 1. The first-order valence-electron chi connectivity index (χ1n) is 19.0. The molecule has 4 heterocycles. The zero-order chi connectivity index (χ0) is 37.8. The molecule has 2 N–H and O–H groups in total. The molecule has 0 unspecified atom stereocenters. The van der Waals surface area contributed by atoms with E-state index in [-0.39, 0.29) is 34.0 Å². The van der Waals surface area contributed by atoms with Gasteiger partial charge in [0, 0.05) is 43.0 Å². The van der Waals surface area contributed by atoms with E-state index in [4.69, 9.17) is 13.9 Å². The zero-order valence-corrected chi connectivity index (χ0v) is 34.0. The molecule has 1 spiro atoms. The Kier molecular flexibility index (Phi) is 12.1. The van der Waals surface area contributed by atoms with Crippen LogP contribution in [0, 0.1) is 6.92 Å². The molecule has 2 aliphatic heterocycles. The molecule has 0 aliphatic carbocycles. The maximum atomic E-state index is 13.1. The number of hydrogen-bond acceptors (Lipinski definition) is 9. The molecule has 1 atom stereocenters. The van der Waals surface area contributed by atoms with E-state index in [1.807, 2.05) is 29.3 Å². The fourth-order valence-electron chi connectivity index (χ4n) is 7.24. The Morgan fingerprint density at radius 3 is 2.64 bits per heavy atom. The van der Waals surface area contributed by atoms with Crippen LogP contribution in [0.2, 0.25) is 18.1 Å². The largest absolute Gasteiger partial charge is 0.506 e. The van der Waals surface area contributed by atoms with Gasteiger partial charge in [-0.3, -0.25) is 9.59 Å². The number of pyridine rings is 1. The minimum atomic E-state index is -2.14. The van der Waals surface area contributed by atoms with Gasteiger partial charge in [-0.1, -0.05) is 39.0 Å². The van der Waals surface area contributed by atoms with Crippen molar-refractivity contribution in [2.24, 2.45) is 0 Å². The molecule has 286 valence electrons. The number of H-pyrrole nitrogens is 1. The number of aromatic amines is 1. The summed E-state index contributed by atoms with van der Waals surface area (Å²) in [5.74, 6) is 0.966. The van der Waals surface area contributed by atoms with Gasteiger partial charge in [0.05, 0.1) is 42.0 Å². The molecule has 0 bridgehead atoms. The number of nitrogens with one attached hydrogen (secondary N) is 1. The number of phenols is 1. The second-order valence-electron chi connectivity index (χ2n) is 16.2. The molecule has 6 rings (SSSR count). The first-order valence-corrected chi connectivity index (χ1v) is 22.8. The summed E-state index contributed by atoms with van der Waals surface area (Å²) in [6, 6.07) is 15.3. The normalized spacial score (nSPS) is 17.4. The van der Waals surface area contributed by atoms with Crippen LogP contribution < -0.4 is 10.3 Å². The molecule has 1 amide bonds. The predicted molar refractivity (Wildman–Crippen MR) is 214 cm³/mol. The number of rotatable bonds is 13. The number of carbonyl (C=O) groups excluding carboxylic acids is 1. The van der Waals surface area contributed by atoms with Gasteiger partial charge in [-0.2, -0.15) is 0 Å². The third kappa shape index (κ3) is 9.58. The number of aromatic hydroxyl groups is 1. The Morgan fingerprint density at radius 1 is 1.11 bits per heavy atom. The van der Waals surface area contributed by atoms with Crippen LogP contribution in [0.1, 0.15) is 85.6 Å². The van der Waals surface area contributed by atoms with E-state index < -0.39 is 8.32 Å². The number of aromatic nitrogens is 2. The van der Waals surface area contributed by atoms with Gasteiger partial charge >= 0.3 is 0 Å². The third-order valence-electron chi connectivity index (χ3n) is 11.4. The van der Waals surface area contributed by atoms with Crippen LogP contribution in [0.15, 0.2) is 58.7 Å². The van der Waals surface area contributed by atoms with Gasteiger partial charge in [0.25, 0.3) is 5.91 Å². The van der Waals surface area contributed by atoms with Crippen LogP contribution in [0.4, 0.5) is 0 Å².